The van der Waals surface area contributed by atoms with Crippen LogP contribution in [-0.4, -0.2) is 42.9 Å². The summed E-state index contributed by atoms with van der Waals surface area (Å²) < 4.78 is 0. The van der Waals surface area contributed by atoms with Crippen LogP contribution in [0.5, 0.6) is 0 Å². The van der Waals surface area contributed by atoms with Gasteiger partial charge in [0.2, 0.25) is 11.8 Å². The Balaban J connectivity index is 1.82. The highest BCUT2D eigenvalue weighted by Gasteiger charge is 2.19. The summed E-state index contributed by atoms with van der Waals surface area (Å²) in [5.41, 5.74) is 1.08. The summed E-state index contributed by atoms with van der Waals surface area (Å²) in [6.45, 7) is 3.85. The van der Waals surface area contributed by atoms with Gasteiger partial charge in [0, 0.05) is 13.1 Å². The zero-order valence-electron chi connectivity index (χ0n) is 11.1. The topological polar surface area (TPSA) is 61.4 Å². The van der Waals surface area contributed by atoms with Crippen LogP contribution in [0.3, 0.4) is 0 Å². The van der Waals surface area contributed by atoms with Gasteiger partial charge >= 0.3 is 0 Å². The van der Waals surface area contributed by atoms with Gasteiger partial charge in [-0.1, -0.05) is 30.3 Å². The molecule has 0 spiro atoms. The molecule has 2 N–H and O–H groups in total. The van der Waals surface area contributed by atoms with Crippen molar-refractivity contribution >= 4 is 11.8 Å². The van der Waals surface area contributed by atoms with Crippen molar-refractivity contribution < 1.29 is 9.59 Å². The van der Waals surface area contributed by atoms with E-state index in [2.05, 4.69) is 10.6 Å². The monoisotopic (exact) mass is 261 g/mol. The first-order valence-corrected chi connectivity index (χ1v) is 6.48. The van der Waals surface area contributed by atoms with Crippen molar-refractivity contribution in [2.24, 2.45) is 0 Å². The maximum atomic E-state index is 11.9. The molecule has 1 heterocycles. The Morgan fingerprint density at radius 1 is 1.42 bits per heavy atom. The first-order chi connectivity index (χ1) is 9.15. The molecule has 0 bridgehead atoms. The summed E-state index contributed by atoms with van der Waals surface area (Å²) in [5.74, 6) is -0.0683. The van der Waals surface area contributed by atoms with E-state index in [1.165, 1.54) is 0 Å². The fourth-order valence-corrected chi connectivity index (χ4v) is 2.14. The van der Waals surface area contributed by atoms with Gasteiger partial charge in [0.05, 0.1) is 19.1 Å². The quantitative estimate of drug-likeness (QED) is 0.819. The number of nitrogens with zero attached hydrogens (tertiary/aromatic N) is 1. The van der Waals surface area contributed by atoms with Crippen LogP contribution in [0.2, 0.25) is 0 Å². The normalized spacial score (nSPS) is 17.6. The van der Waals surface area contributed by atoms with Gasteiger partial charge in [0.1, 0.15) is 0 Å². The molecule has 1 aromatic rings. The maximum absolute atomic E-state index is 11.9. The van der Waals surface area contributed by atoms with E-state index in [0.29, 0.717) is 13.1 Å². The van der Waals surface area contributed by atoms with Crippen molar-refractivity contribution in [3.8, 4) is 0 Å². The standard InChI is InChI=1S/C14H19N3O2/c1-11(12-5-3-2-4-6-12)16-14(19)10-17-8-7-15-13(18)9-17/h2-6,11H,7-10H2,1H3,(H,15,18)(H,16,19). The van der Waals surface area contributed by atoms with Crippen LogP contribution in [0.4, 0.5) is 0 Å². The molecular formula is C14H19N3O2. The van der Waals surface area contributed by atoms with Crippen LogP contribution in [0.1, 0.15) is 18.5 Å². The smallest absolute Gasteiger partial charge is 0.234 e. The minimum atomic E-state index is -0.0500. The lowest BCUT2D eigenvalue weighted by atomic mass is 10.1. The van der Waals surface area contributed by atoms with Crippen molar-refractivity contribution in [2.45, 2.75) is 13.0 Å². The Kier molecular flexibility index (Phi) is 4.52. The van der Waals surface area contributed by atoms with Gasteiger partial charge in [-0.15, -0.1) is 0 Å². The summed E-state index contributed by atoms with van der Waals surface area (Å²) >= 11 is 0. The number of piperazine rings is 1. The molecule has 5 nitrogen and oxygen atoms in total. The molecule has 1 atom stereocenters. The second kappa shape index (κ2) is 6.33. The SMILES string of the molecule is CC(NC(=O)CN1CCNC(=O)C1)c1ccccc1. The lowest BCUT2D eigenvalue weighted by Crippen LogP contribution is -2.50. The van der Waals surface area contributed by atoms with Gasteiger partial charge in [-0.25, -0.2) is 0 Å². The van der Waals surface area contributed by atoms with Gasteiger partial charge in [0.15, 0.2) is 0 Å². The molecule has 1 unspecified atom stereocenters. The third kappa shape index (κ3) is 4.06. The molecule has 0 aliphatic carbocycles. The lowest BCUT2D eigenvalue weighted by Gasteiger charge is -2.26. The molecule has 19 heavy (non-hydrogen) atoms. The number of amides is 2. The molecule has 1 aliphatic heterocycles. The van der Waals surface area contributed by atoms with E-state index in [1.807, 2.05) is 42.2 Å². The molecule has 5 heteroatoms. The molecule has 0 radical (unpaired) electrons. The van der Waals surface area contributed by atoms with E-state index in [9.17, 15) is 9.59 Å². The molecule has 0 saturated carbocycles. The molecule has 1 fully saturated rings. The van der Waals surface area contributed by atoms with Crippen LogP contribution in [0, 0.1) is 0 Å². The van der Waals surface area contributed by atoms with Gasteiger partial charge in [-0.05, 0) is 12.5 Å². The van der Waals surface area contributed by atoms with Gasteiger partial charge in [0.25, 0.3) is 0 Å². The Hall–Kier alpha value is -1.88. The van der Waals surface area contributed by atoms with Crippen molar-refractivity contribution in [3.05, 3.63) is 35.9 Å². The third-order valence-electron chi connectivity index (χ3n) is 3.16. The summed E-state index contributed by atoms with van der Waals surface area (Å²) in [4.78, 5) is 25.0. The number of nitrogens with one attached hydrogen (secondary N) is 2. The van der Waals surface area contributed by atoms with Gasteiger partial charge in [-0.3, -0.25) is 14.5 Å². The average molecular weight is 261 g/mol. The van der Waals surface area contributed by atoms with E-state index in [4.69, 9.17) is 0 Å². The second-order valence-corrected chi connectivity index (χ2v) is 4.76. The number of rotatable bonds is 4. The fraction of sp³-hybridized carbons (Fsp3) is 0.429. The summed E-state index contributed by atoms with van der Waals surface area (Å²) in [5, 5.41) is 5.69. The van der Waals surface area contributed by atoms with Crippen molar-refractivity contribution in [1.29, 1.82) is 0 Å². The molecular weight excluding hydrogens is 242 g/mol. The first kappa shape index (κ1) is 13.5. The molecule has 1 aromatic carbocycles. The first-order valence-electron chi connectivity index (χ1n) is 6.48. The van der Waals surface area contributed by atoms with Crippen LogP contribution in [0.15, 0.2) is 30.3 Å². The molecule has 2 amide bonds. The van der Waals surface area contributed by atoms with E-state index in [-0.39, 0.29) is 24.4 Å². The molecule has 1 saturated heterocycles. The largest absolute Gasteiger partial charge is 0.354 e. The van der Waals surface area contributed by atoms with Crippen molar-refractivity contribution in [2.75, 3.05) is 26.2 Å². The number of benzene rings is 1. The highest BCUT2D eigenvalue weighted by molar-refractivity contribution is 5.82. The molecule has 102 valence electrons. The van der Waals surface area contributed by atoms with Crippen molar-refractivity contribution in [1.82, 2.24) is 15.5 Å². The number of carbonyl (C=O) groups is 2. The predicted molar refractivity (Wildman–Crippen MR) is 72.4 cm³/mol. The van der Waals surface area contributed by atoms with E-state index >= 15 is 0 Å². The zero-order valence-corrected chi connectivity index (χ0v) is 11.1. The Morgan fingerprint density at radius 2 is 2.16 bits per heavy atom. The van der Waals surface area contributed by atoms with E-state index in [0.717, 1.165) is 12.1 Å². The van der Waals surface area contributed by atoms with Crippen LogP contribution < -0.4 is 10.6 Å². The van der Waals surface area contributed by atoms with Crippen molar-refractivity contribution in [3.63, 3.8) is 0 Å². The molecule has 2 rings (SSSR count). The number of hydrogen-bond acceptors (Lipinski definition) is 3. The van der Waals surface area contributed by atoms with E-state index in [1.54, 1.807) is 0 Å². The minimum Gasteiger partial charge on any atom is -0.354 e. The molecule has 1 aliphatic rings. The Bertz CT molecular complexity index is 447. The maximum Gasteiger partial charge on any atom is 0.234 e. The highest BCUT2D eigenvalue weighted by Crippen LogP contribution is 2.10. The zero-order chi connectivity index (χ0) is 13.7. The summed E-state index contributed by atoms with van der Waals surface area (Å²) in [7, 11) is 0. The highest BCUT2D eigenvalue weighted by atomic mass is 16.2. The third-order valence-corrected chi connectivity index (χ3v) is 3.16. The lowest BCUT2D eigenvalue weighted by molar-refractivity contribution is -0.127. The summed E-state index contributed by atoms with van der Waals surface area (Å²) in [6, 6.07) is 9.80. The summed E-state index contributed by atoms with van der Waals surface area (Å²) in [6.07, 6.45) is 0. The Labute approximate surface area is 113 Å². The minimum absolute atomic E-state index is 0.0184. The number of carbonyl (C=O) groups excluding carboxylic acids is 2. The van der Waals surface area contributed by atoms with Gasteiger partial charge in [-0.2, -0.15) is 0 Å². The average Bonchev–Trinajstić information content (AvgIpc) is 2.39. The van der Waals surface area contributed by atoms with Crippen LogP contribution in [-0.2, 0) is 9.59 Å². The predicted octanol–water partition coefficient (Wildman–Crippen LogP) is 0.296. The van der Waals surface area contributed by atoms with E-state index < -0.39 is 0 Å². The molecule has 0 aromatic heterocycles. The van der Waals surface area contributed by atoms with Crippen LogP contribution in [0.25, 0.3) is 0 Å². The number of hydrogen-bond donors (Lipinski definition) is 2. The fourth-order valence-electron chi connectivity index (χ4n) is 2.14. The Morgan fingerprint density at radius 3 is 2.84 bits per heavy atom. The second-order valence-electron chi connectivity index (χ2n) is 4.76. The van der Waals surface area contributed by atoms with Gasteiger partial charge < -0.3 is 10.6 Å². The van der Waals surface area contributed by atoms with Crippen LogP contribution >= 0.6 is 0 Å².